The SMILES string of the molecule is Cc1nc(SCC(=O)NCCc2cnn(-c3ccccc3)c2)c(C#N)c(C)c1C. The maximum Gasteiger partial charge on any atom is 0.230 e. The van der Waals surface area contributed by atoms with Crippen molar-refractivity contribution in [1.82, 2.24) is 20.1 Å². The van der Waals surface area contributed by atoms with Crippen LogP contribution in [-0.2, 0) is 11.2 Å². The summed E-state index contributed by atoms with van der Waals surface area (Å²) in [5.41, 5.74) is 5.45. The third kappa shape index (κ3) is 5.04. The number of nitriles is 1. The molecule has 1 aromatic carbocycles. The average Bonchev–Trinajstić information content (AvgIpc) is 3.20. The largest absolute Gasteiger partial charge is 0.355 e. The van der Waals surface area contributed by atoms with E-state index in [4.69, 9.17) is 0 Å². The minimum atomic E-state index is -0.0768. The van der Waals surface area contributed by atoms with Crippen LogP contribution in [0.1, 0.15) is 27.9 Å². The lowest BCUT2D eigenvalue weighted by Gasteiger charge is -2.11. The van der Waals surface area contributed by atoms with Gasteiger partial charge in [0.2, 0.25) is 5.91 Å². The molecule has 2 aromatic heterocycles. The number of amides is 1. The van der Waals surface area contributed by atoms with Crippen LogP contribution in [0.2, 0.25) is 0 Å². The number of carbonyl (C=O) groups excluding carboxylic acids is 1. The van der Waals surface area contributed by atoms with Crippen LogP contribution in [0.3, 0.4) is 0 Å². The Morgan fingerprint density at radius 1 is 1.21 bits per heavy atom. The van der Waals surface area contributed by atoms with Gasteiger partial charge in [-0.05, 0) is 56.0 Å². The predicted molar refractivity (Wildman–Crippen MR) is 114 cm³/mol. The van der Waals surface area contributed by atoms with Crippen LogP contribution in [0, 0.1) is 32.1 Å². The second kappa shape index (κ2) is 9.39. The van der Waals surface area contributed by atoms with Crippen molar-refractivity contribution in [3.05, 3.63) is 70.7 Å². The van der Waals surface area contributed by atoms with Crippen molar-refractivity contribution in [2.24, 2.45) is 0 Å². The molecule has 1 N–H and O–H groups in total. The van der Waals surface area contributed by atoms with Crippen LogP contribution in [0.4, 0.5) is 0 Å². The van der Waals surface area contributed by atoms with Crippen LogP contribution in [0.15, 0.2) is 47.8 Å². The van der Waals surface area contributed by atoms with Gasteiger partial charge in [-0.3, -0.25) is 4.79 Å². The number of para-hydroxylation sites is 1. The third-order valence-electron chi connectivity index (χ3n) is 4.81. The Morgan fingerprint density at radius 3 is 2.69 bits per heavy atom. The summed E-state index contributed by atoms with van der Waals surface area (Å²) in [7, 11) is 0. The molecule has 6 nitrogen and oxygen atoms in total. The normalized spacial score (nSPS) is 10.6. The molecule has 0 saturated carbocycles. The molecule has 0 bridgehead atoms. The zero-order chi connectivity index (χ0) is 20.8. The standard InChI is InChI=1S/C22H23N5OS/c1-15-16(2)20(11-23)22(26-17(15)3)29-14-21(28)24-10-9-18-12-25-27(13-18)19-7-5-4-6-8-19/h4-8,12-13H,9-10,14H2,1-3H3,(H,24,28). The number of benzene rings is 1. The number of aryl methyl sites for hydroxylation is 1. The minimum Gasteiger partial charge on any atom is -0.355 e. The van der Waals surface area contributed by atoms with Crippen LogP contribution in [0.25, 0.3) is 5.69 Å². The van der Waals surface area contributed by atoms with E-state index in [2.05, 4.69) is 21.5 Å². The van der Waals surface area contributed by atoms with E-state index < -0.39 is 0 Å². The highest BCUT2D eigenvalue weighted by Gasteiger charge is 2.14. The van der Waals surface area contributed by atoms with Gasteiger partial charge in [-0.15, -0.1) is 0 Å². The lowest BCUT2D eigenvalue weighted by atomic mass is 10.1. The first kappa shape index (κ1) is 20.6. The van der Waals surface area contributed by atoms with Gasteiger partial charge in [-0.1, -0.05) is 30.0 Å². The summed E-state index contributed by atoms with van der Waals surface area (Å²) < 4.78 is 1.82. The van der Waals surface area contributed by atoms with Gasteiger partial charge < -0.3 is 5.32 Å². The molecule has 0 aliphatic carbocycles. The summed E-state index contributed by atoms with van der Waals surface area (Å²) in [5, 5.41) is 17.3. The van der Waals surface area contributed by atoms with Gasteiger partial charge in [-0.25, -0.2) is 9.67 Å². The van der Waals surface area contributed by atoms with Gasteiger partial charge in [0.05, 0.1) is 23.2 Å². The Labute approximate surface area is 175 Å². The molecule has 0 atom stereocenters. The minimum absolute atomic E-state index is 0.0768. The molecule has 1 amide bonds. The quantitative estimate of drug-likeness (QED) is 0.608. The maximum absolute atomic E-state index is 12.2. The van der Waals surface area contributed by atoms with E-state index in [9.17, 15) is 10.1 Å². The smallest absolute Gasteiger partial charge is 0.230 e. The molecule has 0 aliphatic heterocycles. The molecule has 2 heterocycles. The number of carbonyl (C=O) groups is 1. The molecule has 0 saturated heterocycles. The van der Waals surface area contributed by atoms with Crippen molar-refractivity contribution >= 4 is 17.7 Å². The molecule has 0 radical (unpaired) electrons. The Balaban J connectivity index is 1.50. The summed E-state index contributed by atoms with van der Waals surface area (Å²) in [6.07, 6.45) is 4.49. The summed E-state index contributed by atoms with van der Waals surface area (Å²) in [6.45, 7) is 6.33. The van der Waals surface area contributed by atoms with Crippen LogP contribution in [0.5, 0.6) is 0 Å². The van der Waals surface area contributed by atoms with Crippen LogP contribution in [-0.4, -0.2) is 33.0 Å². The maximum atomic E-state index is 12.2. The fourth-order valence-electron chi connectivity index (χ4n) is 2.89. The van der Waals surface area contributed by atoms with Crippen LogP contribution < -0.4 is 5.32 Å². The first-order valence-corrected chi connectivity index (χ1v) is 10.3. The van der Waals surface area contributed by atoms with E-state index in [1.54, 1.807) is 0 Å². The number of thioether (sulfide) groups is 1. The van der Waals surface area contributed by atoms with E-state index in [-0.39, 0.29) is 11.7 Å². The van der Waals surface area contributed by atoms with E-state index in [1.807, 2.05) is 68.2 Å². The van der Waals surface area contributed by atoms with E-state index in [0.29, 0.717) is 23.6 Å². The molecular weight excluding hydrogens is 382 g/mol. The molecule has 0 spiro atoms. The van der Waals surface area contributed by atoms with Crippen molar-refractivity contribution < 1.29 is 4.79 Å². The molecule has 0 unspecified atom stereocenters. The molecule has 29 heavy (non-hydrogen) atoms. The van der Waals surface area contributed by atoms with E-state index >= 15 is 0 Å². The highest BCUT2D eigenvalue weighted by molar-refractivity contribution is 8.00. The average molecular weight is 406 g/mol. The Morgan fingerprint density at radius 2 is 1.97 bits per heavy atom. The van der Waals surface area contributed by atoms with Crippen molar-refractivity contribution in [2.75, 3.05) is 12.3 Å². The number of hydrogen-bond donors (Lipinski definition) is 1. The van der Waals surface area contributed by atoms with Gasteiger partial charge in [0, 0.05) is 18.4 Å². The summed E-state index contributed by atoms with van der Waals surface area (Å²) in [6, 6.07) is 12.1. The zero-order valence-electron chi connectivity index (χ0n) is 16.8. The molecule has 7 heteroatoms. The number of pyridine rings is 1. The van der Waals surface area contributed by atoms with E-state index in [0.717, 1.165) is 28.1 Å². The molecule has 3 aromatic rings. The Kier molecular flexibility index (Phi) is 6.68. The predicted octanol–water partition coefficient (Wildman–Crippen LogP) is 3.52. The van der Waals surface area contributed by atoms with Gasteiger partial charge in [0.1, 0.15) is 11.1 Å². The molecule has 0 aliphatic rings. The van der Waals surface area contributed by atoms with Crippen LogP contribution >= 0.6 is 11.8 Å². The summed E-state index contributed by atoms with van der Waals surface area (Å²) in [5.74, 6) is 0.152. The van der Waals surface area contributed by atoms with Gasteiger partial charge >= 0.3 is 0 Å². The first-order chi connectivity index (χ1) is 14.0. The van der Waals surface area contributed by atoms with Crippen molar-refractivity contribution in [3.63, 3.8) is 0 Å². The van der Waals surface area contributed by atoms with Crippen molar-refractivity contribution in [2.45, 2.75) is 32.2 Å². The zero-order valence-corrected chi connectivity index (χ0v) is 17.6. The number of aromatic nitrogens is 3. The summed E-state index contributed by atoms with van der Waals surface area (Å²) in [4.78, 5) is 16.7. The topological polar surface area (TPSA) is 83.6 Å². The monoisotopic (exact) mass is 405 g/mol. The summed E-state index contributed by atoms with van der Waals surface area (Å²) >= 11 is 1.30. The first-order valence-electron chi connectivity index (χ1n) is 9.36. The number of hydrogen-bond acceptors (Lipinski definition) is 5. The van der Waals surface area contributed by atoms with Gasteiger partial charge in [0.25, 0.3) is 0 Å². The lowest BCUT2D eigenvalue weighted by molar-refractivity contribution is -0.118. The fraction of sp³-hybridized carbons (Fsp3) is 0.273. The van der Waals surface area contributed by atoms with Crippen molar-refractivity contribution in [3.8, 4) is 11.8 Å². The highest BCUT2D eigenvalue weighted by atomic mass is 32.2. The highest BCUT2D eigenvalue weighted by Crippen LogP contribution is 2.26. The van der Waals surface area contributed by atoms with E-state index in [1.165, 1.54) is 11.8 Å². The number of rotatable bonds is 7. The molecular formula is C22H23N5OS. The Bertz CT molecular complexity index is 1050. The number of nitrogens with zero attached hydrogens (tertiary/aromatic N) is 4. The second-order valence-corrected chi connectivity index (χ2v) is 7.72. The number of nitrogens with one attached hydrogen (secondary N) is 1. The third-order valence-corrected chi connectivity index (χ3v) is 5.78. The van der Waals surface area contributed by atoms with Gasteiger partial charge in [0.15, 0.2) is 0 Å². The van der Waals surface area contributed by atoms with Gasteiger partial charge in [-0.2, -0.15) is 10.4 Å². The fourth-order valence-corrected chi connectivity index (χ4v) is 3.80. The Hall–Kier alpha value is -3.11. The molecule has 148 valence electrons. The van der Waals surface area contributed by atoms with Crippen molar-refractivity contribution in [1.29, 1.82) is 5.26 Å². The molecule has 0 fully saturated rings. The molecule has 3 rings (SSSR count). The second-order valence-electron chi connectivity index (χ2n) is 6.76. The lowest BCUT2D eigenvalue weighted by Crippen LogP contribution is -2.27.